The van der Waals surface area contributed by atoms with Gasteiger partial charge in [-0.3, -0.25) is 14.6 Å². The summed E-state index contributed by atoms with van der Waals surface area (Å²) < 4.78 is 9.59. The Morgan fingerprint density at radius 2 is 1.59 bits per heavy atom. The predicted molar refractivity (Wildman–Crippen MR) is 113 cm³/mol. The van der Waals surface area contributed by atoms with Gasteiger partial charge >= 0.3 is 18.2 Å². The van der Waals surface area contributed by atoms with Crippen molar-refractivity contribution in [1.82, 2.24) is 9.80 Å². The second-order valence-corrected chi connectivity index (χ2v) is 7.29. The lowest BCUT2D eigenvalue weighted by atomic mass is 9.94. The van der Waals surface area contributed by atoms with Crippen LogP contribution in [0.4, 0.5) is 9.59 Å². The fourth-order valence-corrected chi connectivity index (χ4v) is 3.71. The summed E-state index contributed by atoms with van der Waals surface area (Å²) in [6, 6.07) is 15.3. The van der Waals surface area contributed by atoms with Gasteiger partial charge in [-0.2, -0.15) is 0 Å². The average Bonchev–Trinajstić information content (AvgIpc) is 3.33. The van der Waals surface area contributed by atoms with Crippen LogP contribution in [0.3, 0.4) is 0 Å². The summed E-state index contributed by atoms with van der Waals surface area (Å²) >= 11 is 0. The third kappa shape index (κ3) is 4.41. The number of fused-ring (bicyclic) bond motifs is 2. The number of hydrogen-bond donors (Lipinski definition) is 1. The number of carboxylic acid groups (broad SMARTS) is 1. The first kappa shape index (κ1) is 22.8. The van der Waals surface area contributed by atoms with Crippen LogP contribution < -0.4 is 0 Å². The van der Waals surface area contributed by atoms with Gasteiger partial charge in [0.05, 0.1) is 13.1 Å². The summed E-state index contributed by atoms with van der Waals surface area (Å²) in [7, 11) is 0. The second kappa shape index (κ2) is 9.51. The molecule has 0 bridgehead atoms. The molecule has 3 aliphatic rings. The molecule has 9 nitrogen and oxygen atoms in total. The predicted octanol–water partition coefficient (Wildman–Crippen LogP) is 2.93. The van der Waals surface area contributed by atoms with Crippen LogP contribution >= 0.6 is 0 Å². The molecule has 2 fully saturated rings. The van der Waals surface area contributed by atoms with Gasteiger partial charge in [-0.15, -0.1) is 0 Å². The maximum atomic E-state index is 12.0. The van der Waals surface area contributed by atoms with Crippen LogP contribution in [0.5, 0.6) is 0 Å². The zero-order chi connectivity index (χ0) is 22.0. The summed E-state index contributed by atoms with van der Waals surface area (Å²) in [5.41, 5.74) is 2.50. The second-order valence-electron chi connectivity index (χ2n) is 7.29. The van der Waals surface area contributed by atoms with E-state index in [9.17, 15) is 19.2 Å². The van der Waals surface area contributed by atoms with Crippen molar-refractivity contribution >= 4 is 23.9 Å². The number of aliphatic carboxylic acids is 1. The Balaban J connectivity index is 0.000000175. The minimum atomic E-state index is -1.04. The Hall–Kier alpha value is -3.88. The van der Waals surface area contributed by atoms with E-state index in [4.69, 9.17) is 14.6 Å². The molecule has 0 aliphatic carbocycles. The minimum absolute atomic E-state index is 0. The molecule has 1 N–H and O–H groups in total. The number of carbonyl (C=O) groups excluding carboxylic acids is 3. The van der Waals surface area contributed by atoms with Gasteiger partial charge in [-0.25, -0.2) is 14.4 Å². The zero-order valence-corrected chi connectivity index (χ0v) is 16.5. The third-order valence-corrected chi connectivity index (χ3v) is 5.36. The topological polar surface area (TPSA) is 113 Å². The summed E-state index contributed by atoms with van der Waals surface area (Å²) in [6.07, 6.45) is -0.959. The molecule has 32 heavy (non-hydrogen) atoms. The Labute approximate surface area is 185 Å². The lowest BCUT2D eigenvalue weighted by Gasteiger charge is -2.27. The fraction of sp³-hybridized carbons (Fsp3) is 0.304. The molecule has 2 saturated heterocycles. The van der Waals surface area contributed by atoms with Gasteiger partial charge in [0.25, 0.3) is 0 Å². The Morgan fingerprint density at radius 1 is 0.938 bits per heavy atom. The van der Waals surface area contributed by atoms with E-state index >= 15 is 0 Å². The van der Waals surface area contributed by atoms with Gasteiger partial charge < -0.3 is 14.6 Å². The smallest absolute Gasteiger partial charge is 0.411 e. The zero-order valence-electron chi connectivity index (χ0n) is 16.5. The molecular formula is C23H24N2O7. The van der Waals surface area contributed by atoms with Crippen molar-refractivity contribution in [3.8, 4) is 0 Å². The Bertz CT molecular complexity index is 1020. The number of hydrogen-bond acceptors (Lipinski definition) is 6. The van der Waals surface area contributed by atoms with Gasteiger partial charge in [-0.05, 0) is 11.1 Å². The van der Waals surface area contributed by atoms with Crippen molar-refractivity contribution in [2.24, 2.45) is 0 Å². The highest BCUT2D eigenvalue weighted by Gasteiger charge is 2.42. The molecule has 0 spiro atoms. The summed E-state index contributed by atoms with van der Waals surface area (Å²) in [5.74, 6) is -1.05. The quantitative estimate of drug-likeness (QED) is 0.781. The maximum Gasteiger partial charge on any atom is 0.411 e. The highest BCUT2D eigenvalue weighted by Crippen LogP contribution is 2.27. The van der Waals surface area contributed by atoms with E-state index in [1.165, 1.54) is 9.80 Å². The first-order valence-electron chi connectivity index (χ1n) is 9.71. The number of rotatable bonds is 3. The van der Waals surface area contributed by atoms with Crippen LogP contribution in [0.15, 0.2) is 54.6 Å². The number of nitrogens with zero attached hydrogens (tertiary/aromatic N) is 2. The molecule has 2 atom stereocenters. The number of amides is 2. The summed E-state index contributed by atoms with van der Waals surface area (Å²) in [4.78, 5) is 48.2. The van der Waals surface area contributed by atoms with E-state index in [2.05, 4.69) is 0 Å². The number of benzene rings is 2. The van der Waals surface area contributed by atoms with Crippen LogP contribution in [0.2, 0.25) is 0 Å². The molecule has 2 amide bonds. The molecule has 3 aliphatic heterocycles. The van der Waals surface area contributed by atoms with Crippen LogP contribution in [-0.2, 0) is 27.4 Å². The Kier molecular flexibility index (Phi) is 6.77. The third-order valence-electron chi connectivity index (χ3n) is 5.36. The average molecular weight is 440 g/mol. The first-order valence-corrected chi connectivity index (χ1v) is 9.71. The number of ether oxygens (including phenoxy) is 2. The van der Waals surface area contributed by atoms with Crippen molar-refractivity contribution in [3.63, 3.8) is 0 Å². The van der Waals surface area contributed by atoms with E-state index in [1.54, 1.807) is 6.07 Å². The molecule has 9 heteroatoms. The number of ketones is 1. The lowest BCUT2D eigenvalue weighted by Crippen LogP contribution is -2.43. The normalized spacial score (nSPS) is 20.8. The molecule has 2 aromatic carbocycles. The molecule has 3 heterocycles. The van der Waals surface area contributed by atoms with E-state index < -0.39 is 24.1 Å². The van der Waals surface area contributed by atoms with E-state index in [0.29, 0.717) is 6.54 Å². The number of cyclic esters (lactones) is 2. The largest absolute Gasteiger partial charge is 0.480 e. The highest BCUT2D eigenvalue weighted by molar-refractivity contribution is 6.04. The lowest BCUT2D eigenvalue weighted by molar-refractivity contribution is -0.141. The van der Waals surface area contributed by atoms with Gasteiger partial charge in [0.1, 0.15) is 19.3 Å². The summed E-state index contributed by atoms with van der Waals surface area (Å²) in [6.45, 7) is 0.842. The van der Waals surface area contributed by atoms with Gasteiger partial charge in [0.2, 0.25) is 0 Å². The standard InChI is InChI=1S/C11H11NO4.C11H9NO3.CH4/c13-10(14)9-7-16-11(15)12(9)6-8-4-2-1-3-5-8;13-10-8-4-2-1-3-7(8)5-12-9(10)6-15-11(12)14;/h1-5,9H,6-7H2,(H,13,14);1-4,9H,5-6H2;1H4/t2*9-;/m11./s1. The van der Waals surface area contributed by atoms with Gasteiger partial charge in [0, 0.05) is 5.56 Å². The first-order chi connectivity index (χ1) is 15.0. The Morgan fingerprint density at radius 3 is 2.31 bits per heavy atom. The monoisotopic (exact) mass is 440 g/mol. The molecular weight excluding hydrogens is 416 g/mol. The SMILES string of the molecule is C.O=C(O)[C@H]1COC(=O)N1Cc1ccccc1.O=C1c2ccccc2CN2C(=O)OC[C@H]12. The number of Topliss-reactive ketones (excluding diaryl/α,β-unsaturated/α-hetero) is 1. The van der Waals surface area contributed by atoms with Crippen molar-refractivity contribution in [1.29, 1.82) is 0 Å². The van der Waals surface area contributed by atoms with E-state index in [0.717, 1.165) is 16.7 Å². The van der Waals surface area contributed by atoms with Crippen LogP contribution in [0.25, 0.3) is 0 Å². The molecule has 0 unspecified atom stereocenters. The maximum absolute atomic E-state index is 12.0. The van der Waals surface area contributed by atoms with Crippen molar-refractivity contribution < 1.29 is 33.8 Å². The molecule has 0 aromatic heterocycles. The van der Waals surface area contributed by atoms with Gasteiger partial charge in [0.15, 0.2) is 11.8 Å². The number of carbonyl (C=O) groups is 4. The van der Waals surface area contributed by atoms with Gasteiger partial charge in [-0.1, -0.05) is 62.0 Å². The van der Waals surface area contributed by atoms with Crippen LogP contribution in [-0.4, -0.2) is 64.1 Å². The molecule has 5 rings (SSSR count). The number of carboxylic acids is 1. The molecule has 0 radical (unpaired) electrons. The van der Waals surface area contributed by atoms with Crippen LogP contribution in [0.1, 0.15) is 28.9 Å². The van der Waals surface area contributed by atoms with Crippen molar-refractivity contribution in [2.75, 3.05) is 13.2 Å². The van der Waals surface area contributed by atoms with E-state index in [-0.39, 0.29) is 39.1 Å². The van der Waals surface area contributed by atoms with Crippen molar-refractivity contribution in [2.45, 2.75) is 32.6 Å². The van der Waals surface area contributed by atoms with Crippen LogP contribution in [0, 0.1) is 0 Å². The minimum Gasteiger partial charge on any atom is -0.480 e. The molecule has 168 valence electrons. The molecule has 2 aromatic rings. The molecule has 0 saturated carbocycles. The van der Waals surface area contributed by atoms with E-state index in [1.807, 2.05) is 48.5 Å². The fourth-order valence-electron chi connectivity index (χ4n) is 3.71. The van der Waals surface area contributed by atoms with Crippen molar-refractivity contribution in [3.05, 3.63) is 71.3 Å². The summed E-state index contributed by atoms with van der Waals surface area (Å²) in [5, 5.41) is 8.91. The highest BCUT2D eigenvalue weighted by atomic mass is 16.6.